The Balaban J connectivity index is 1.48. The lowest BCUT2D eigenvalue weighted by Gasteiger charge is -2.21. The van der Waals surface area contributed by atoms with Crippen molar-refractivity contribution in [2.24, 2.45) is 4.99 Å². The van der Waals surface area contributed by atoms with Crippen LogP contribution in [0.2, 0.25) is 5.02 Å². The van der Waals surface area contributed by atoms with Crippen molar-refractivity contribution in [2.75, 3.05) is 40.3 Å². The first-order chi connectivity index (χ1) is 14.8. The van der Waals surface area contributed by atoms with Gasteiger partial charge in [0.05, 0.1) is 11.6 Å². The van der Waals surface area contributed by atoms with Crippen LogP contribution in [0.4, 0.5) is 0 Å². The highest BCUT2D eigenvalue weighted by molar-refractivity contribution is 7.89. The molecule has 1 N–H and O–H groups in total. The molecule has 31 heavy (non-hydrogen) atoms. The first-order valence-electron chi connectivity index (χ1n) is 10.1. The number of carbonyl (C=O) groups is 1. The summed E-state index contributed by atoms with van der Waals surface area (Å²) in [5.41, 5.74) is 2.19. The van der Waals surface area contributed by atoms with Gasteiger partial charge in [-0.2, -0.15) is 0 Å². The highest BCUT2D eigenvalue weighted by atomic mass is 35.5. The summed E-state index contributed by atoms with van der Waals surface area (Å²) >= 11 is 6.02. The van der Waals surface area contributed by atoms with Crippen LogP contribution in [0, 0.1) is 0 Å². The number of amides is 1. The van der Waals surface area contributed by atoms with Crippen LogP contribution in [0.25, 0.3) is 0 Å². The highest BCUT2D eigenvalue weighted by Gasteiger charge is 2.24. The topological polar surface area (TPSA) is 82.1 Å². The Morgan fingerprint density at radius 2 is 1.81 bits per heavy atom. The van der Waals surface area contributed by atoms with Crippen LogP contribution in [-0.4, -0.2) is 69.6 Å². The summed E-state index contributed by atoms with van der Waals surface area (Å²) in [5, 5.41) is 3.41. The second-order valence-corrected chi connectivity index (χ2v) is 9.85. The molecule has 3 rings (SSSR count). The SMILES string of the molecule is CN(CCc1ccc(C2=NCCN2)cc1)C(=O)CCN(C)S(=O)(=O)c1ccccc1Cl. The van der Waals surface area contributed by atoms with Crippen molar-refractivity contribution in [3.8, 4) is 0 Å². The predicted octanol–water partition coefficient (Wildman–Crippen LogP) is 2.40. The van der Waals surface area contributed by atoms with Crippen LogP contribution < -0.4 is 5.32 Å². The van der Waals surface area contributed by atoms with Crippen molar-refractivity contribution in [2.45, 2.75) is 17.7 Å². The van der Waals surface area contributed by atoms with Crippen molar-refractivity contribution < 1.29 is 13.2 Å². The summed E-state index contributed by atoms with van der Waals surface area (Å²) in [6.45, 7) is 2.32. The van der Waals surface area contributed by atoms with Crippen LogP contribution in [0.5, 0.6) is 0 Å². The Bertz CT molecular complexity index is 1050. The predicted molar refractivity (Wildman–Crippen MR) is 123 cm³/mol. The van der Waals surface area contributed by atoms with E-state index in [9.17, 15) is 13.2 Å². The smallest absolute Gasteiger partial charge is 0.244 e. The molecule has 1 amide bonds. The van der Waals surface area contributed by atoms with Gasteiger partial charge in [-0.1, -0.05) is 48.0 Å². The molecule has 166 valence electrons. The molecule has 7 nitrogen and oxygen atoms in total. The van der Waals surface area contributed by atoms with Crippen molar-refractivity contribution in [1.29, 1.82) is 0 Å². The van der Waals surface area contributed by atoms with Gasteiger partial charge in [0.2, 0.25) is 15.9 Å². The lowest BCUT2D eigenvalue weighted by molar-refractivity contribution is -0.129. The molecule has 0 atom stereocenters. The van der Waals surface area contributed by atoms with E-state index in [0.29, 0.717) is 6.54 Å². The third-order valence-corrected chi connectivity index (χ3v) is 7.59. The second-order valence-electron chi connectivity index (χ2n) is 7.43. The first kappa shape index (κ1) is 23.2. The standard InChI is InChI=1S/C22H27ClN4O3S/c1-26(15-11-17-7-9-18(10-8-17)22-24-13-14-25-22)21(28)12-16-27(2)31(29,30)20-6-4-3-5-19(20)23/h3-10H,11-16H2,1-2H3,(H,24,25). The Labute approximate surface area is 188 Å². The number of sulfonamides is 1. The number of rotatable bonds is 9. The number of halogens is 1. The minimum atomic E-state index is -3.74. The molecule has 0 bridgehead atoms. The third-order valence-electron chi connectivity index (χ3n) is 5.23. The Hall–Kier alpha value is -2.42. The maximum absolute atomic E-state index is 12.7. The Morgan fingerprint density at radius 3 is 2.45 bits per heavy atom. The highest BCUT2D eigenvalue weighted by Crippen LogP contribution is 2.23. The van der Waals surface area contributed by atoms with Gasteiger partial charge in [0.15, 0.2) is 0 Å². The molecule has 0 radical (unpaired) electrons. The average molecular weight is 463 g/mol. The van der Waals surface area contributed by atoms with Crippen molar-refractivity contribution >= 4 is 33.4 Å². The number of hydrogen-bond donors (Lipinski definition) is 1. The minimum absolute atomic E-state index is 0.0437. The van der Waals surface area contributed by atoms with Gasteiger partial charge in [-0.25, -0.2) is 12.7 Å². The molecule has 0 saturated heterocycles. The fourth-order valence-electron chi connectivity index (χ4n) is 3.23. The average Bonchev–Trinajstić information content (AvgIpc) is 3.31. The van der Waals surface area contributed by atoms with Crippen LogP contribution in [0.1, 0.15) is 17.5 Å². The molecule has 0 aliphatic carbocycles. The van der Waals surface area contributed by atoms with Gasteiger partial charge >= 0.3 is 0 Å². The fraction of sp³-hybridized carbons (Fsp3) is 0.364. The first-order valence-corrected chi connectivity index (χ1v) is 11.9. The molecular weight excluding hydrogens is 436 g/mol. The van der Waals surface area contributed by atoms with E-state index < -0.39 is 10.0 Å². The van der Waals surface area contributed by atoms with Gasteiger partial charge in [-0.15, -0.1) is 0 Å². The summed E-state index contributed by atoms with van der Waals surface area (Å²) < 4.78 is 26.5. The zero-order valence-corrected chi connectivity index (χ0v) is 19.3. The number of nitrogens with zero attached hydrogens (tertiary/aromatic N) is 3. The van der Waals surface area contributed by atoms with E-state index in [-0.39, 0.29) is 28.8 Å². The molecule has 2 aromatic carbocycles. The van der Waals surface area contributed by atoms with Gasteiger partial charge in [0.1, 0.15) is 10.7 Å². The molecule has 1 aliphatic rings. The van der Waals surface area contributed by atoms with Gasteiger partial charge in [-0.3, -0.25) is 9.79 Å². The molecular formula is C22H27ClN4O3S. The number of aliphatic imine (C=N–C) groups is 1. The Kier molecular flexibility index (Phi) is 7.69. The summed E-state index contributed by atoms with van der Waals surface area (Å²) in [7, 11) is -0.554. The maximum atomic E-state index is 12.7. The van der Waals surface area contributed by atoms with E-state index in [0.717, 1.165) is 36.5 Å². The van der Waals surface area contributed by atoms with Crippen LogP contribution in [0.3, 0.4) is 0 Å². The van der Waals surface area contributed by atoms with Crippen molar-refractivity contribution in [3.63, 3.8) is 0 Å². The summed E-state index contributed by atoms with van der Waals surface area (Å²) in [5.74, 6) is 0.817. The number of carbonyl (C=O) groups excluding carboxylic acids is 1. The molecule has 9 heteroatoms. The van der Waals surface area contributed by atoms with E-state index in [1.807, 2.05) is 24.3 Å². The quantitative estimate of drug-likeness (QED) is 0.620. The summed E-state index contributed by atoms with van der Waals surface area (Å²) in [6, 6.07) is 14.4. The number of likely N-dealkylation sites (N-methyl/N-ethyl adjacent to an activating group) is 1. The van der Waals surface area contributed by atoms with Crippen LogP contribution in [-0.2, 0) is 21.2 Å². The van der Waals surface area contributed by atoms with Crippen molar-refractivity contribution in [3.05, 3.63) is 64.7 Å². The second kappa shape index (κ2) is 10.3. The van der Waals surface area contributed by atoms with Crippen LogP contribution in [0.15, 0.2) is 58.4 Å². The fourth-order valence-corrected chi connectivity index (χ4v) is 4.89. The van der Waals surface area contributed by atoms with Crippen LogP contribution >= 0.6 is 11.6 Å². The molecule has 0 unspecified atom stereocenters. The molecule has 1 heterocycles. The normalized spacial score (nSPS) is 13.7. The lowest BCUT2D eigenvalue weighted by Crippen LogP contribution is -2.34. The van der Waals surface area contributed by atoms with E-state index in [1.165, 1.54) is 23.5 Å². The summed E-state index contributed by atoms with van der Waals surface area (Å²) in [4.78, 5) is 18.6. The molecule has 0 fully saturated rings. The molecule has 0 spiro atoms. The molecule has 1 aliphatic heterocycles. The largest absolute Gasteiger partial charge is 0.368 e. The zero-order valence-electron chi connectivity index (χ0n) is 17.7. The van der Waals surface area contributed by atoms with E-state index in [2.05, 4.69) is 10.3 Å². The third kappa shape index (κ3) is 5.84. The van der Waals surface area contributed by atoms with Crippen molar-refractivity contribution in [1.82, 2.24) is 14.5 Å². The maximum Gasteiger partial charge on any atom is 0.244 e. The summed E-state index contributed by atoms with van der Waals surface area (Å²) in [6.07, 6.45) is 0.817. The molecule has 0 saturated carbocycles. The number of hydrogen-bond acceptors (Lipinski definition) is 5. The molecule has 0 aromatic heterocycles. The monoisotopic (exact) mass is 462 g/mol. The minimum Gasteiger partial charge on any atom is -0.368 e. The lowest BCUT2D eigenvalue weighted by atomic mass is 10.1. The van der Waals surface area contributed by atoms with E-state index in [4.69, 9.17) is 11.6 Å². The van der Waals surface area contributed by atoms with E-state index in [1.54, 1.807) is 24.1 Å². The number of benzene rings is 2. The van der Waals surface area contributed by atoms with Gasteiger partial charge in [0, 0.05) is 45.7 Å². The number of nitrogens with one attached hydrogen (secondary N) is 1. The molecule has 2 aromatic rings. The van der Waals surface area contributed by atoms with E-state index >= 15 is 0 Å². The van der Waals surface area contributed by atoms with Gasteiger partial charge < -0.3 is 10.2 Å². The zero-order chi connectivity index (χ0) is 22.4. The van der Waals surface area contributed by atoms with Gasteiger partial charge in [0.25, 0.3) is 0 Å². The van der Waals surface area contributed by atoms with Gasteiger partial charge in [-0.05, 0) is 24.1 Å². The Morgan fingerprint density at radius 1 is 1.10 bits per heavy atom. The number of amidine groups is 1.